The minimum atomic E-state index is -0.784. The molecule has 0 rings (SSSR count). The molecule has 0 bridgehead atoms. The summed E-state index contributed by atoms with van der Waals surface area (Å²) < 4.78 is 17.0. The molecule has 480 valence electrons. The highest BCUT2D eigenvalue weighted by atomic mass is 16.6. The summed E-state index contributed by atoms with van der Waals surface area (Å²) in [6, 6.07) is 0. The van der Waals surface area contributed by atoms with Crippen molar-refractivity contribution in [2.75, 3.05) is 13.2 Å². The summed E-state index contributed by atoms with van der Waals surface area (Å²) in [5.74, 6) is -0.874. The van der Waals surface area contributed by atoms with E-state index in [-0.39, 0.29) is 31.1 Å². The van der Waals surface area contributed by atoms with Crippen molar-refractivity contribution in [1.29, 1.82) is 0 Å². The summed E-state index contributed by atoms with van der Waals surface area (Å²) in [4.78, 5) is 38.5. The lowest BCUT2D eigenvalue weighted by Crippen LogP contribution is -2.30. The van der Waals surface area contributed by atoms with Gasteiger partial charge in [0.25, 0.3) is 0 Å². The van der Waals surface area contributed by atoms with Crippen LogP contribution in [0.5, 0.6) is 0 Å². The number of hydrogen-bond acceptors (Lipinski definition) is 6. The van der Waals surface area contributed by atoms with Crippen LogP contribution in [0.15, 0.2) is 85.1 Å². The Labute approximate surface area is 515 Å². The van der Waals surface area contributed by atoms with Gasteiger partial charge in [-0.25, -0.2) is 0 Å². The third-order valence-electron chi connectivity index (χ3n) is 15.9. The molecular formula is C77H136O6. The first-order valence-electron chi connectivity index (χ1n) is 36.1. The van der Waals surface area contributed by atoms with Gasteiger partial charge in [-0.15, -0.1) is 0 Å². The fraction of sp³-hybridized carbons (Fsp3) is 0.779. The second-order valence-corrected chi connectivity index (χ2v) is 24.1. The van der Waals surface area contributed by atoms with E-state index in [4.69, 9.17) is 14.2 Å². The molecule has 0 aromatic carbocycles. The van der Waals surface area contributed by atoms with Crippen molar-refractivity contribution in [3.05, 3.63) is 85.1 Å². The third-order valence-corrected chi connectivity index (χ3v) is 15.9. The lowest BCUT2D eigenvalue weighted by atomic mass is 10.0. The minimum absolute atomic E-state index is 0.0775. The maximum Gasteiger partial charge on any atom is 0.306 e. The predicted molar refractivity (Wildman–Crippen MR) is 362 cm³/mol. The number of esters is 3. The van der Waals surface area contributed by atoms with Gasteiger partial charge < -0.3 is 14.2 Å². The van der Waals surface area contributed by atoms with Gasteiger partial charge in [-0.2, -0.15) is 0 Å². The summed E-state index contributed by atoms with van der Waals surface area (Å²) in [6.45, 7) is 6.57. The van der Waals surface area contributed by atoms with Crippen LogP contribution in [-0.4, -0.2) is 37.2 Å². The molecule has 0 fully saturated rings. The molecule has 0 saturated carbocycles. The van der Waals surface area contributed by atoms with E-state index in [9.17, 15) is 14.4 Å². The van der Waals surface area contributed by atoms with Gasteiger partial charge in [-0.1, -0.05) is 356 Å². The summed E-state index contributed by atoms with van der Waals surface area (Å²) >= 11 is 0. The average Bonchev–Trinajstić information content (AvgIpc) is 3.49. The molecule has 0 heterocycles. The molecule has 83 heavy (non-hydrogen) atoms. The number of unbranched alkanes of at least 4 members (excludes halogenated alkanes) is 41. The normalized spacial score (nSPS) is 12.6. The average molecular weight is 1160 g/mol. The van der Waals surface area contributed by atoms with Crippen molar-refractivity contribution in [3.8, 4) is 0 Å². The second-order valence-electron chi connectivity index (χ2n) is 24.1. The van der Waals surface area contributed by atoms with Crippen LogP contribution < -0.4 is 0 Å². The van der Waals surface area contributed by atoms with Crippen LogP contribution >= 0.6 is 0 Å². The van der Waals surface area contributed by atoms with E-state index < -0.39 is 6.10 Å². The quantitative estimate of drug-likeness (QED) is 0.0261. The molecule has 1 unspecified atom stereocenters. The van der Waals surface area contributed by atoms with Crippen LogP contribution in [0.1, 0.15) is 367 Å². The maximum absolute atomic E-state index is 13.0. The van der Waals surface area contributed by atoms with Gasteiger partial charge >= 0.3 is 17.9 Å². The van der Waals surface area contributed by atoms with E-state index in [2.05, 4.69) is 106 Å². The van der Waals surface area contributed by atoms with Crippen molar-refractivity contribution in [1.82, 2.24) is 0 Å². The third kappa shape index (κ3) is 69.3. The lowest BCUT2D eigenvalue weighted by molar-refractivity contribution is -0.167. The minimum Gasteiger partial charge on any atom is -0.462 e. The Morgan fingerprint density at radius 3 is 0.735 bits per heavy atom. The number of carbonyl (C=O) groups is 3. The van der Waals surface area contributed by atoms with Crippen molar-refractivity contribution in [2.24, 2.45) is 0 Å². The number of carbonyl (C=O) groups excluding carboxylic acids is 3. The second kappa shape index (κ2) is 71.1. The molecule has 0 aliphatic rings. The Bertz CT molecular complexity index is 1570. The van der Waals surface area contributed by atoms with E-state index in [0.717, 1.165) is 122 Å². The van der Waals surface area contributed by atoms with Crippen molar-refractivity contribution < 1.29 is 28.6 Å². The number of hydrogen-bond donors (Lipinski definition) is 0. The standard InChI is InChI=1S/C77H136O6/c1-4-7-10-13-16-19-22-25-28-30-32-34-36-37-38-39-41-42-44-46-49-52-55-58-61-64-67-70-76(79)82-73-74(72-81-75(78)69-66-63-60-57-54-51-48-27-24-21-18-15-12-9-6-3)83-77(80)71-68-65-62-59-56-53-50-47-45-43-40-35-33-31-29-26-23-20-17-14-11-8-5-2/h7,10,16,19,25,28,32,34,37-38,41-42,46,49,74H,4-6,8-9,11-15,17-18,20-24,26-27,29-31,33,35-36,39-40,43-45,47-48,50-73H2,1-3H3/b10-7-,19-16-,28-25-,34-32-,38-37-,42-41-,49-46-. The molecule has 0 saturated heterocycles. The topological polar surface area (TPSA) is 78.9 Å². The molecule has 0 aromatic rings. The Morgan fingerprint density at radius 1 is 0.253 bits per heavy atom. The van der Waals surface area contributed by atoms with Crippen molar-refractivity contribution in [3.63, 3.8) is 0 Å². The summed E-state index contributed by atoms with van der Waals surface area (Å²) in [5, 5.41) is 0. The van der Waals surface area contributed by atoms with Crippen LogP contribution in [0.4, 0.5) is 0 Å². The van der Waals surface area contributed by atoms with Crippen LogP contribution in [0.25, 0.3) is 0 Å². The Balaban J connectivity index is 4.35. The van der Waals surface area contributed by atoms with E-state index in [1.54, 1.807) is 0 Å². The molecule has 0 aliphatic heterocycles. The molecule has 0 aromatic heterocycles. The zero-order chi connectivity index (χ0) is 59.9. The van der Waals surface area contributed by atoms with Crippen LogP contribution in [0, 0.1) is 0 Å². The fourth-order valence-electron chi connectivity index (χ4n) is 10.5. The highest BCUT2D eigenvalue weighted by molar-refractivity contribution is 5.71. The first-order valence-corrected chi connectivity index (χ1v) is 36.1. The molecule has 1 atom stereocenters. The largest absolute Gasteiger partial charge is 0.462 e. The van der Waals surface area contributed by atoms with Gasteiger partial charge in [0.15, 0.2) is 6.10 Å². The van der Waals surface area contributed by atoms with E-state index >= 15 is 0 Å². The first-order chi connectivity index (χ1) is 41.0. The zero-order valence-electron chi connectivity index (χ0n) is 55.2. The molecule has 6 heteroatoms. The smallest absolute Gasteiger partial charge is 0.306 e. The van der Waals surface area contributed by atoms with Gasteiger partial charge in [0.2, 0.25) is 0 Å². The number of ether oxygens (including phenoxy) is 3. The van der Waals surface area contributed by atoms with Crippen LogP contribution in [0.3, 0.4) is 0 Å². The van der Waals surface area contributed by atoms with Crippen LogP contribution in [-0.2, 0) is 28.6 Å². The Morgan fingerprint density at radius 2 is 0.470 bits per heavy atom. The summed E-state index contributed by atoms with van der Waals surface area (Å²) in [5.41, 5.74) is 0. The molecule has 0 amide bonds. The summed E-state index contributed by atoms with van der Waals surface area (Å²) in [7, 11) is 0. The van der Waals surface area contributed by atoms with Gasteiger partial charge in [0, 0.05) is 19.3 Å². The highest BCUT2D eigenvalue weighted by Gasteiger charge is 2.19. The highest BCUT2D eigenvalue weighted by Crippen LogP contribution is 2.18. The number of allylic oxidation sites excluding steroid dienone is 14. The molecule has 0 radical (unpaired) electrons. The SMILES string of the molecule is CC/C=C\C/C=C\C/C=C\C/C=C\C/C=C\C/C=C\C/C=C\CCCCCCCC(=O)OCC(COC(=O)CCCCCCCCCCCCCCCCC)OC(=O)CCCCCCCCCCCCCCCCCCCCCCCCC. The summed E-state index contributed by atoms with van der Waals surface area (Å²) in [6.07, 6.45) is 94.6. The van der Waals surface area contributed by atoms with Gasteiger partial charge in [0.1, 0.15) is 13.2 Å². The van der Waals surface area contributed by atoms with E-state index in [0.29, 0.717) is 19.3 Å². The van der Waals surface area contributed by atoms with Crippen LogP contribution in [0.2, 0.25) is 0 Å². The first kappa shape index (κ1) is 79.6. The molecule has 6 nitrogen and oxygen atoms in total. The van der Waals surface area contributed by atoms with Gasteiger partial charge in [-0.3, -0.25) is 14.4 Å². The number of rotatable bonds is 66. The molecule has 0 spiro atoms. The molecule has 0 N–H and O–H groups in total. The van der Waals surface area contributed by atoms with Gasteiger partial charge in [0.05, 0.1) is 0 Å². The Kier molecular flexibility index (Phi) is 68.2. The Hall–Kier alpha value is -3.41. The predicted octanol–water partition coefficient (Wildman–Crippen LogP) is 25.0. The molecular weight excluding hydrogens is 1020 g/mol. The van der Waals surface area contributed by atoms with E-state index in [1.165, 1.54) is 205 Å². The van der Waals surface area contributed by atoms with E-state index in [1.807, 2.05) is 0 Å². The maximum atomic E-state index is 13.0. The van der Waals surface area contributed by atoms with Gasteiger partial charge in [-0.05, 0) is 77.0 Å². The van der Waals surface area contributed by atoms with Crippen molar-refractivity contribution in [2.45, 2.75) is 374 Å². The van der Waals surface area contributed by atoms with Crippen molar-refractivity contribution >= 4 is 17.9 Å². The zero-order valence-corrected chi connectivity index (χ0v) is 55.2. The fourth-order valence-corrected chi connectivity index (χ4v) is 10.5. The monoisotopic (exact) mass is 1160 g/mol. The lowest BCUT2D eigenvalue weighted by Gasteiger charge is -2.18. The molecule has 0 aliphatic carbocycles.